The van der Waals surface area contributed by atoms with Crippen molar-refractivity contribution in [1.29, 1.82) is 0 Å². The summed E-state index contributed by atoms with van der Waals surface area (Å²) < 4.78 is 0. The van der Waals surface area contributed by atoms with Crippen molar-refractivity contribution < 1.29 is 24.3 Å². The normalized spacial score (nSPS) is 18.8. The van der Waals surface area contributed by atoms with Crippen molar-refractivity contribution in [3.05, 3.63) is 0 Å². The molecule has 4 atom stereocenters. The Labute approximate surface area is 194 Å². The number of thioether (sulfide) groups is 1. The van der Waals surface area contributed by atoms with Gasteiger partial charge in [0.05, 0.1) is 6.04 Å². The Kier molecular flexibility index (Phi) is 12.6. The van der Waals surface area contributed by atoms with Gasteiger partial charge in [-0.3, -0.25) is 14.4 Å². The minimum absolute atomic E-state index is 0.208. The van der Waals surface area contributed by atoms with Gasteiger partial charge in [0.15, 0.2) is 0 Å². The molecule has 7 N–H and O–H groups in total. The molecule has 32 heavy (non-hydrogen) atoms. The number of carboxylic acids is 1. The second-order valence-electron chi connectivity index (χ2n) is 8.49. The van der Waals surface area contributed by atoms with Crippen molar-refractivity contribution in [2.24, 2.45) is 17.4 Å². The van der Waals surface area contributed by atoms with Crippen LogP contribution >= 0.6 is 11.8 Å². The van der Waals surface area contributed by atoms with Crippen LogP contribution in [0, 0.1) is 5.92 Å². The molecule has 1 saturated heterocycles. The number of aliphatic carboxylic acids is 1. The highest BCUT2D eigenvalue weighted by Crippen LogP contribution is 2.21. The molecule has 0 saturated carbocycles. The number of amides is 3. The fraction of sp³-hybridized carbons (Fsp3) is 0.810. The van der Waals surface area contributed by atoms with Gasteiger partial charge in [0.25, 0.3) is 0 Å². The van der Waals surface area contributed by atoms with Crippen molar-refractivity contribution in [2.75, 3.05) is 25.1 Å². The molecule has 0 aromatic carbocycles. The van der Waals surface area contributed by atoms with Crippen LogP contribution in [0.1, 0.15) is 52.4 Å². The van der Waals surface area contributed by atoms with Crippen LogP contribution in [-0.4, -0.2) is 83.0 Å². The minimum Gasteiger partial charge on any atom is -0.480 e. The number of hydrogen-bond donors (Lipinski definition) is 5. The summed E-state index contributed by atoms with van der Waals surface area (Å²) in [4.78, 5) is 51.5. The zero-order valence-electron chi connectivity index (χ0n) is 19.3. The third-order valence-corrected chi connectivity index (χ3v) is 6.24. The van der Waals surface area contributed by atoms with Gasteiger partial charge < -0.3 is 32.1 Å². The Morgan fingerprint density at radius 3 is 2.41 bits per heavy atom. The molecule has 1 heterocycles. The lowest BCUT2D eigenvalue weighted by molar-refractivity contribution is -0.145. The fourth-order valence-electron chi connectivity index (χ4n) is 3.66. The predicted molar refractivity (Wildman–Crippen MR) is 125 cm³/mol. The minimum atomic E-state index is -1.10. The molecule has 0 spiro atoms. The summed E-state index contributed by atoms with van der Waals surface area (Å²) in [5, 5.41) is 14.7. The number of carboxylic acid groups (broad SMARTS) is 1. The van der Waals surface area contributed by atoms with Gasteiger partial charge >= 0.3 is 5.97 Å². The molecular formula is C21H39N5O5S. The maximum atomic E-state index is 13.3. The van der Waals surface area contributed by atoms with E-state index in [1.54, 1.807) is 0 Å². The summed E-state index contributed by atoms with van der Waals surface area (Å²) >= 11 is 1.50. The number of nitrogens with one attached hydrogen (secondary N) is 2. The largest absolute Gasteiger partial charge is 0.480 e. The molecule has 1 aliphatic rings. The van der Waals surface area contributed by atoms with E-state index < -0.39 is 42.0 Å². The van der Waals surface area contributed by atoms with E-state index >= 15 is 0 Å². The summed E-state index contributed by atoms with van der Waals surface area (Å²) in [7, 11) is 0. The number of nitrogens with two attached hydrogens (primary N) is 2. The Bertz CT molecular complexity index is 648. The van der Waals surface area contributed by atoms with Gasteiger partial charge in [-0.2, -0.15) is 11.8 Å². The van der Waals surface area contributed by atoms with E-state index in [2.05, 4.69) is 10.6 Å². The number of hydrogen-bond acceptors (Lipinski definition) is 7. The average molecular weight is 474 g/mol. The first-order valence-corrected chi connectivity index (χ1v) is 12.6. The number of rotatable bonds is 14. The summed E-state index contributed by atoms with van der Waals surface area (Å²) in [6, 6.07) is -3.31. The molecule has 0 aromatic rings. The predicted octanol–water partition coefficient (Wildman–Crippen LogP) is -0.103. The van der Waals surface area contributed by atoms with E-state index in [-0.39, 0.29) is 11.8 Å². The van der Waals surface area contributed by atoms with Gasteiger partial charge in [-0.1, -0.05) is 20.3 Å². The lowest BCUT2D eigenvalue weighted by Gasteiger charge is -2.31. The SMILES string of the molecule is CSCCC(NC(=O)C1CCCN1C(=O)C(NC(=O)C(N)CCCCN)C(C)C)C(=O)O. The van der Waals surface area contributed by atoms with E-state index in [4.69, 9.17) is 11.5 Å². The second kappa shape index (κ2) is 14.3. The number of likely N-dealkylation sites (tertiary alicyclic amines) is 1. The molecule has 1 rings (SSSR count). The molecule has 184 valence electrons. The summed E-state index contributed by atoms with van der Waals surface area (Å²) in [6.45, 7) is 4.54. The third-order valence-electron chi connectivity index (χ3n) is 5.60. The Hall–Kier alpha value is -1.85. The maximum absolute atomic E-state index is 13.3. The van der Waals surface area contributed by atoms with Crippen LogP contribution in [0.2, 0.25) is 0 Å². The highest BCUT2D eigenvalue weighted by Gasteiger charge is 2.39. The molecule has 0 aliphatic carbocycles. The topological polar surface area (TPSA) is 168 Å². The summed E-state index contributed by atoms with van der Waals surface area (Å²) in [5.74, 6) is -1.94. The van der Waals surface area contributed by atoms with Gasteiger partial charge in [-0.25, -0.2) is 4.79 Å². The molecule has 1 fully saturated rings. The summed E-state index contributed by atoms with van der Waals surface area (Å²) in [6.07, 6.45) is 5.21. The first kappa shape index (κ1) is 28.2. The third kappa shape index (κ3) is 8.59. The zero-order valence-corrected chi connectivity index (χ0v) is 20.2. The number of carbonyl (C=O) groups excluding carboxylic acids is 3. The van der Waals surface area contributed by atoms with Crippen LogP contribution in [0.25, 0.3) is 0 Å². The van der Waals surface area contributed by atoms with Crippen molar-refractivity contribution in [3.8, 4) is 0 Å². The fourth-order valence-corrected chi connectivity index (χ4v) is 4.13. The van der Waals surface area contributed by atoms with Gasteiger partial charge in [0.1, 0.15) is 18.1 Å². The first-order valence-electron chi connectivity index (χ1n) is 11.2. The molecule has 0 bridgehead atoms. The van der Waals surface area contributed by atoms with Crippen molar-refractivity contribution in [1.82, 2.24) is 15.5 Å². The highest BCUT2D eigenvalue weighted by molar-refractivity contribution is 7.98. The van der Waals surface area contributed by atoms with E-state index in [0.29, 0.717) is 44.5 Å². The number of nitrogens with zero attached hydrogens (tertiary/aromatic N) is 1. The molecule has 4 unspecified atom stereocenters. The Morgan fingerprint density at radius 1 is 1.16 bits per heavy atom. The maximum Gasteiger partial charge on any atom is 0.326 e. The zero-order chi connectivity index (χ0) is 24.3. The monoisotopic (exact) mass is 473 g/mol. The van der Waals surface area contributed by atoms with E-state index in [9.17, 15) is 24.3 Å². The Morgan fingerprint density at radius 2 is 1.84 bits per heavy atom. The van der Waals surface area contributed by atoms with Gasteiger partial charge in [-0.05, 0) is 56.6 Å². The molecule has 0 radical (unpaired) electrons. The van der Waals surface area contributed by atoms with E-state index in [0.717, 1.165) is 12.8 Å². The van der Waals surface area contributed by atoms with Gasteiger partial charge in [0.2, 0.25) is 17.7 Å². The second-order valence-corrected chi connectivity index (χ2v) is 9.48. The van der Waals surface area contributed by atoms with Crippen LogP contribution in [-0.2, 0) is 19.2 Å². The number of unbranched alkanes of at least 4 members (excludes halogenated alkanes) is 1. The smallest absolute Gasteiger partial charge is 0.326 e. The lowest BCUT2D eigenvalue weighted by Crippen LogP contribution is -2.58. The molecule has 3 amide bonds. The molecular weight excluding hydrogens is 434 g/mol. The van der Waals surface area contributed by atoms with Crippen LogP contribution in [0.5, 0.6) is 0 Å². The number of carbonyl (C=O) groups is 4. The van der Waals surface area contributed by atoms with Crippen LogP contribution < -0.4 is 22.1 Å². The van der Waals surface area contributed by atoms with Crippen molar-refractivity contribution in [3.63, 3.8) is 0 Å². The average Bonchev–Trinajstić information content (AvgIpc) is 3.23. The standard InChI is InChI=1S/C21H39N5O5S/c1-13(2)17(25-18(27)14(23)7-4-5-10-22)20(29)26-11-6-8-16(26)19(28)24-15(21(30)31)9-12-32-3/h13-17H,4-12,22-23H2,1-3H3,(H,24,28)(H,25,27)(H,30,31). The molecule has 11 heteroatoms. The van der Waals surface area contributed by atoms with Gasteiger partial charge in [-0.15, -0.1) is 0 Å². The van der Waals surface area contributed by atoms with Crippen molar-refractivity contribution >= 4 is 35.5 Å². The molecule has 0 aromatic heterocycles. The molecule has 10 nitrogen and oxygen atoms in total. The lowest BCUT2D eigenvalue weighted by atomic mass is 10.0. The quantitative estimate of drug-likeness (QED) is 0.218. The first-order chi connectivity index (χ1) is 15.1. The van der Waals surface area contributed by atoms with Gasteiger partial charge in [0, 0.05) is 6.54 Å². The van der Waals surface area contributed by atoms with Crippen LogP contribution in [0.15, 0.2) is 0 Å². The van der Waals surface area contributed by atoms with Crippen LogP contribution in [0.3, 0.4) is 0 Å². The van der Waals surface area contributed by atoms with E-state index in [1.807, 2.05) is 20.1 Å². The van der Waals surface area contributed by atoms with Crippen LogP contribution in [0.4, 0.5) is 0 Å². The van der Waals surface area contributed by atoms with E-state index in [1.165, 1.54) is 16.7 Å². The summed E-state index contributed by atoms with van der Waals surface area (Å²) in [5.41, 5.74) is 11.4. The molecule has 1 aliphatic heterocycles. The Balaban J connectivity index is 2.83. The highest BCUT2D eigenvalue weighted by atomic mass is 32.2. The van der Waals surface area contributed by atoms with Crippen molar-refractivity contribution in [2.45, 2.75) is 76.5 Å².